The first-order valence-corrected chi connectivity index (χ1v) is 13.9. The van der Waals surface area contributed by atoms with Crippen LogP contribution in [0.15, 0.2) is 73.1 Å². The molecule has 1 amide bonds. The highest BCUT2D eigenvalue weighted by Crippen LogP contribution is 2.36. The van der Waals surface area contributed by atoms with E-state index in [1.54, 1.807) is 24.4 Å². The zero-order valence-corrected chi connectivity index (χ0v) is 25.1. The zero-order chi connectivity index (χ0) is 30.5. The van der Waals surface area contributed by atoms with Crippen LogP contribution in [0.4, 0.5) is 17.1 Å². The number of likely N-dealkylation sites (N-methyl/N-ethyl adjacent to an activating group) is 1. The molecular weight excluding hydrogens is 528 g/mol. The van der Waals surface area contributed by atoms with Crippen LogP contribution < -0.4 is 20.1 Å². The molecule has 9 heteroatoms. The number of rotatable bonds is 11. The molecule has 0 spiro atoms. The van der Waals surface area contributed by atoms with Crippen molar-refractivity contribution in [3.63, 3.8) is 0 Å². The van der Waals surface area contributed by atoms with E-state index in [1.807, 2.05) is 83.1 Å². The average molecular weight is 567 g/mol. The van der Waals surface area contributed by atoms with Crippen LogP contribution in [0.1, 0.15) is 37.6 Å². The Hall–Kier alpha value is -4.94. The Morgan fingerprint density at radius 1 is 1.07 bits per heavy atom. The third-order valence-corrected chi connectivity index (χ3v) is 5.93. The Morgan fingerprint density at radius 2 is 1.88 bits per heavy atom. The summed E-state index contributed by atoms with van der Waals surface area (Å²) in [6, 6.07) is 17.2. The number of carbonyl (C=O) groups excluding carboxylic acids is 1. The van der Waals surface area contributed by atoms with Crippen LogP contribution in [0.2, 0.25) is 0 Å². The highest BCUT2D eigenvalue weighted by atomic mass is 16.5. The van der Waals surface area contributed by atoms with Gasteiger partial charge in [0, 0.05) is 42.2 Å². The van der Waals surface area contributed by atoms with Crippen LogP contribution in [-0.2, 0) is 11.4 Å². The molecule has 42 heavy (non-hydrogen) atoms. The molecule has 0 saturated carbocycles. The fourth-order valence-corrected chi connectivity index (χ4v) is 4.03. The summed E-state index contributed by atoms with van der Waals surface area (Å²) in [6.07, 6.45) is 6.54. The van der Waals surface area contributed by atoms with Gasteiger partial charge in [-0.15, -0.1) is 0 Å². The number of carbonyl (C=O) groups is 1. The predicted octanol–water partition coefficient (Wildman–Crippen LogP) is 6.61. The first-order valence-electron chi connectivity index (χ1n) is 13.9. The fourth-order valence-electron chi connectivity index (χ4n) is 4.03. The maximum Gasteiger partial charge on any atom is 0.248 e. The lowest BCUT2D eigenvalue weighted by molar-refractivity contribution is -0.111. The summed E-state index contributed by atoms with van der Waals surface area (Å²) in [7, 11) is 3.86. The molecule has 0 aliphatic heterocycles. The standard InChI is InChI=1S/C31H32N6O3.C2H6/c1-5-39-29-17-26-25(16-27(29)36-30(38)10-8-14-37(3)4)31(22(18-32)19-34-26)35-23-11-12-28(21(2)15-23)40-20-24-9-6-7-13-33-24;1-2/h6-13,15-17,19H,5,14,20H2,1-4H3,(H,34,35)(H,36,38);1-2H3/b10-8+;. The lowest BCUT2D eigenvalue weighted by Crippen LogP contribution is -2.13. The van der Waals surface area contributed by atoms with Crippen molar-refractivity contribution in [2.24, 2.45) is 0 Å². The number of aromatic nitrogens is 2. The highest BCUT2D eigenvalue weighted by molar-refractivity contribution is 6.04. The van der Waals surface area contributed by atoms with Crippen molar-refractivity contribution in [1.29, 1.82) is 5.26 Å². The third kappa shape index (κ3) is 8.53. The second-order valence-corrected chi connectivity index (χ2v) is 9.33. The third-order valence-electron chi connectivity index (χ3n) is 5.93. The van der Waals surface area contributed by atoms with E-state index in [1.165, 1.54) is 12.3 Å². The predicted molar refractivity (Wildman–Crippen MR) is 168 cm³/mol. The minimum atomic E-state index is -0.280. The molecule has 4 rings (SSSR count). The van der Waals surface area contributed by atoms with E-state index in [0.29, 0.717) is 53.3 Å². The van der Waals surface area contributed by atoms with Crippen LogP contribution in [0.5, 0.6) is 11.5 Å². The maximum absolute atomic E-state index is 12.6. The van der Waals surface area contributed by atoms with Gasteiger partial charge in [-0.25, -0.2) is 0 Å². The number of aryl methyl sites for hydroxylation is 1. The van der Waals surface area contributed by atoms with E-state index >= 15 is 0 Å². The normalized spacial score (nSPS) is 10.6. The van der Waals surface area contributed by atoms with Gasteiger partial charge in [0.2, 0.25) is 5.91 Å². The number of ether oxygens (including phenoxy) is 2. The summed E-state index contributed by atoms with van der Waals surface area (Å²) < 4.78 is 11.8. The number of hydrogen-bond acceptors (Lipinski definition) is 8. The van der Waals surface area contributed by atoms with Gasteiger partial charge in [-0.1, -0.05) is 26.0 Å². The zero-order valence-electron chi connectivity index (χ0n) is 25.1. The lowest BCUT2D eigenvalue weighted by atomic mass is 10.1. The lowest BCUT2D eigenvalue weighted by Gasteiger charge is -2.17. The topological polar surface area (TPSA) is 112 Å². The molecule has 2 heterocycles. The van der Waals surface area contributed by atoms with E-state index in [0.717, 1.165) is 22.7 Å². The maximum atomic E-state index is 12.6. The van der Waals surface area contributed by atoms with E-state index in [-0.39, 0.29) is 5.91 Å². The van der Waals surface area contributed by atoms with Gasteiger partial charge in [0.1, 0.15) is 24.2 Å². The van der Waals surface area contributed by atoms with Crippen molar-refractivity contribution in [2.45, 2.75) is 34.3 Å². The number of pyridine rings is 2. The first kappa shape index (κ1) is 31.6. The van der Waals surface area contributed by atoms with Crippen molar-refractivity contribution in [3.05, 3.63) is 89.9 Å². The SMILES string of the molecule is CC.CCOc1cc2ncc(C#N)c(Nc3ccc(OCc4ccccn4)c(C)c3)c2cc1NC(=O)/C=C/CN(C)C. The van der Waals surface area contributed by atoms with Crippen molar-refractivity contribution in [1.82, 2.24) is 14.9 Å². The van der Waals surface area contributed by atoms with Gasteiger partial charge in [-0.3, -0.25) is 14.8 Å². The average Bonchev–Trinajstić information content (AvgIpc) is 2.99. The number of nitrogens with one attached hydrogen (secondary N) is 2. The van der Waals surface area contributed by atoms with Crippen molar-refractivity contribution in [3.8, 4) is 17.6 Å². The van der Waals surface area contributed by atoms with Crippen molar-refractivity contribution in [2.75, 3.05) is 37.9 Å². The summed E-state index contributed by atoms with van der Waals surface area (Å²) in [5, 5.41) is 16.8. The highest BCUT2D eigenvalue weighted by Gasteiger charge is 2.16. The Kier molecular flexibility index (Phi) is 11.8. The van der Waals surface area contributed by atoms with Gasteiger partial charge >= 0.3 is 0 Å². The van der Waals surface area contributed by atoms with Gasteiger partial charge in [0.25, 0.3) is 0 Å². The Balaban J connectivity index is 0.00000237. The molecule has 2 aromatic carbocycles. The monoisotopic (exact) mass is 566 g/mol. The number of hydrogen-bond donors (Lipinski definition) is 2. The Labute approximate surface area is 247 Å². The Morgan fingerprint density at radius 3 is 2.55 bits per heavy atom. The Bertz CT molecular complexity index is 1560. The molecule has 4 aromatic rings. The number of fused-ring (bicyclic) bond motifs is 1. The molecule has 218 valence electrons. The number of nitriles is 1. The molecular formula is C33H38N6O3. The van der Waals surface area contributed by atoms with Crippen LogP contribution in [0.25, 0.3) is 10.9 Å². The first-order chi connectivity index (χ1) is 20.4. The molecule has 2 aromatic heterocycles. The largest absolute Gasteiger partial charge is 0.492 e. The fraction of sp³-hybridized carbons (Fsp3) is 0.273. The molecule has 0 saturated heterocycles. The molecule has 0 fully saturated rings. The van der Waals surface area contributed by atoms with Gasteiger partial charge in [-0.05, 0) is 69.9 Å². The van der Waals surface area contributed by atoms with E-state index in [9.17, 15) is 10.1 Å². The van der Waals surface area contributed by atoms with Gasteiger partial charge in [0.15, 0.2) is 0 Å². The smallest absolute Gasteiger partial charge is 0.248 e. The molecule has 0 atom stereocenters. The molecule has 0 bridgehead atoms. The molecule has 0 unspecified atom stereocenters. The van der Waals surface area contributed by atoms with Gasteiger partial charge < -0.3 is 25.0 Å². The molecule has 0 radical (unpaired) electrons. The minimum absolute atomic E-state index is 0.280. The molecule has 9 nitrogen and oxygen atoms in total. The van der Waals surface area contributed by atoms with E-state index in [2.05, 4.69) is 26.7 Å². The number of nitrogens with zero attached hydrogens (tertiary/aromatic N) is 4. The second-order valence-electron chi connectivity index (χ2n) is 9.33. The van der Waals surface area contributed by atoms with Crippen molar-refractivity contribution >= 4 is 33.9 Å². The van der Waals surface area contributed by atoms with Crippen molar-refractivity contribution < 1.29 is 14.3 Å². The summed E-state index contributed by atoms with van der Waals surface area (Å²) in [5.74, 6) is 0.959. The second kappa shape index (κ2) is 15.7. The summed E-state index contributed by atoms with van der Waals surface area (Å²) in [5.41, 5.74) is 4.60. The van der Waals surface area contributed by atoms with Crippen LogP contribution in [0.3, 0.4) is 0 Å². The summed E-state index contributed by atoms with van der Waals surface area (Å²) >= 11 is 0. The minimum Gasteiger partial charge on any atom is -0.492 e. The quantitative estimate of drug-likeness (QED) is 0.195. The van der Waals surface area contributed by atoms with E-state index in [4.69, 9.17) is 9.47 Å². The molecule has 0 aliphatic rings. The molecule has 0 aliphatic carbocycles. The summed E-state index contributed by atoms with van der Waals surface area (Å²) in [6.45, 7) is 9.25. The van der Waals surface area contributed by atoms with E-state index < -0.39 is 0 Å². The number of anilines is 3. The number of benzene rings is 2. The van der Waals surface area contributed by atoms with Crippen LogP contribution in [-0.4, -0.2) is 48.0 Å². The summed E-state index contributed by atoms with van der Waals surface area (Å²) in [4.78, 5) is 23.4. The number of amides is 1. The molecule has 2 N–H and O–H groups in total. The van der Waals surface area contributed by atoms with Gasteiger partial charge in [0.05, 0.1) is 34.8 Å². The van der Waals surface area contributed by atoms with Crippen LogP contribution >= 0.6 is 0 Å². The van der Waals surface area contributed by atoms with Gasteiger partial charge in [-0.2, -0.15) is 5.26 Å². The van der Waals surface area contributed by atoms with Crippen LogP contribution in [0, 0.1) is 18.3 Å².